The first kappa shape index (κ1) is 24.2. The van der Waals surface area contributed by atoms with Crippen LogP contribution in [0.2, 0.25) is 0 Å². The lowest BCUT2D eigenvalue weighted by atomic mass is 9.98. The molecule has 3 N–H and O–H groups in total. The minimum Gasteiger partial charge on any atom is -0.383 e. The first-order chi connectivity index (χ1) is 12.3. The third kappa shape index (κ3) is 7.57. The molecule has 27 heavy (non-hydrogen) atoms. The molecule has 8 heteroatoms. The largest absolute Gasteiger partial charge is 0.383 e. The van der Waals surface area contributed by atoms with Crippen molar-refractivity contribution < 1.29 is 5.11 Å². The summed E-state index contributed by atoms with van der Waals surface area (Å²) in [6, 6.07) is 0.463. The summed E-state index contributed by atoms with van der Waals surface area (Å²) < 4.78 is 1.69. The monoisotopic (exact) mass is 492 g/mol. The van der Waals surface area contributed by atoms with Crippen LogP contribution in [-0.2, 0) is 12.6 Å². The summed E-state index contributed by atoms with van der Waals surface area (Å²) in [6.07, 6.45) is 6.09. The summed E-state index contributed by atoms with van der Waals surface area (Å²) in [4.78, 5) is 7.13. The smallest absolute Gasteiger partial charge is 0.191 e. The Morgan fingerprint density at radius 3 is 2.63 bits per heavy atom. The number of aromatic nitrogens is 2. The van der Waals surface area contributed by atoms with Gasteiger partial charge in [-0.1, -0.05) is 6.92 Å². The van der Waals surface area contributed by atoms with Gasteiger partial charge in [0.2, 0.25) is 0 Å². The van der Waals surface area contributed by atoms with E-state index in [1.165, 1.54) is 25.9 Å². The number of halogens is 1. The number of aryl methyl sites for hydroxylation is 1. The summed E-state index contributed by atoms with van der Waals surface area (Å²) >= 11 is 0. The van der Waals surface area contributed by atoms with E-state index in [9.17, 15) is 5.11 Å². The zero-order valence-corrected chi connectivity index (χ0v) is 19.7. The summed E-state index contributed by atoms with van der Waals surface area (Å²) in [5.74, 6) is 1.59. The number of hydrogen-bond donors (Lipinski definition) is 3. The van der Waals surface area contributed by atoms with Crippen molar-refractivity contribution >= 4 is 29.9 Å². The second-order valence-electron chi connectivity index (χ2n) is 7.82. The highest BCUT2D eigenvalue weighted by atomic mass is 127. The zero-order valence-electron chi connectivity index (χ0n) is 17.4. The van der Waals surface area contributed by atoms with E-state index in [-0.39, 0.29) is 30.5 Å². The van der Waals surface area contributed by atoms with Gasteiger partial charge in [-0.15, -0.1) is 24.0 Å². The fourth-order valence-corrected chi connectivity index (χ4v) is 3.21. The number of hydrogen-bond acceptors (Lipinski definition) is 4. The number of nitrogens with one attached hydrogen (secondary N) is 2. The Labute approximate surface area is 181 Å². The number of aliphatic imine (C=N–C) groups is 1. The quantitative estimate of drug-likeness (QED) is 0.308. The van der Waals surface area contributed by atoms with Gasteiger partial charge in [0.25, 0.3) is 0 Å². The van der Waals surface area contributed by atoms with Gasteiger partial charge in [0.1, 0.15) is 5.60 Å². The van der Waals surface area contributed by atoms with Gasteiger partial charge >= 0.3 is 0 Å². The number of likely N-dealkylation sites (tertiary alicyclic amines) is 1. The molecule has 1 saturated heterocycles. The van der Waals surface area contributed by atoms with Crippen LogP contribution in [0.4, 0.5) is 0 Å². The van der Waals surface area contributed by atoms with Gasteiger partial charge in [-0.3, -0.25) is 9.58 Å². The molecule has 1 aliphatic heterocycles. The van der Waals surface area contributed by atoms with E-state index in [2.05, 4.69) is 39.5 Å². The second kappa shape index (κ2) is 11.2. The molecule has 0 aliphatic carbocycles. The molecule has 0 radical (unpaired) electrons. The Balaban J connectivity index is 0.00000364. The number of piperidine rings is 1. The van der Waals surface area contributed by atoms with Crippen LogP contribution in [-0.4, -0.2) is 64.5 Å². The van der Waals surface area contributed by atoms with Crippen molar-refractivity contribution in [2.75, 3.05) is 32.7 Å². The molecule has 2 unspecified atom stereocenters. The van der Waals surface area contributed by atoms with E-state index in [0.29, 0.717) is 6.04 Å². The van der Waals surface area contributed by atoms with E-state index in [0.717, 1.165) is 30.5 Å². The fraction of sp³-hybridized carbons (Fsp3) is 0.789. The van der Waals surface area contributed by atoms with Crippen molar-refractivity contribution in [1.29, 1.82) is 0 Å². The molecule has 2 atom stereocenters. The molecule has 156 valence electrons. The summed E-state index contributed by atoms with van der Waals surface area (Å²) in [5, 5.41) is 21.5. The first-order valence-electron chi connectivity index (χ1n) is 9.79. The highest BCUT2D eigenvalue weighted by Crippen LogP contribution is 2.20. The Morgan fingerprint density at radius 1 is 1.41 bits per heavy atom. The molecule has 1 aromatic heterocycles. The average Bonchev–Trinajstić information content (AvgIpc) is 3.05. The number of rotatable bonds is 7. The number of aliphatic hydroxyl groups is 1. The van der Waals surface area contributed by atoms with E-state index in [4.69, 9.17) is 0 Å². The molecular formula is C19H37IN6O. The zero-order chi connectivity index (χ0) is 19.2. The van der Waals surface area contributed by atoms with E-state index in [1.54, 1.807) is 17.8 Å². The molecule has 1 aliphatic rings. The van der Waals surface area contributed by atoms with Crippen molar-refractivity contribution in [3.63, 3.8) is 0 Å². The van der Waals surface area contributed by atoms with Crippen LogP contribution in [0.5, 0.6) is 0 Å². The maximum Gasteiger partial charge on any atom is 0.191 e. The van der Waals surface area contributed by atoms with Crippen molar-refractivity contribution in [2.45, 2.75) is 52.2 Å². The predicted molar refractivity (Wildman–Crippen MR) is 122 cm³/mol. The van der Waals surface area contributed by atoms with E-state index in [1.807, 2.05) is 20.2 Å². The van der Waals surface area contributed by atoms with E-state index >= 15 is 0 Å². The van der Waals surface area contributed by atoms with Crippen LogP contribution < -0.4 is 10.6 Å². The highest BCUT2D eigenvalue weighted by molar-refractivity contribution is 14.0. The Morgan fingerprint density at radius 2 is 2.07 bits per heavy atom. The third-order valence-electron chi connectivity index (χ3n) is 5.22. The molecular weight excluding hydrogens is 455 g/mol. The topological polar surface area (TPSA) is 77.7 Å². The minimum absolute atomic E-state index is 0. The maximum absolute atomic E-state index is 10.7. The van der Waals surface area contributed by atoms with Gasteiger partial charge in [-0.05, 0) is 52.6 Å². The number of guanidine groups is 1. The number of nitrogens with zero attached hydrogens (tertiary/aromatic N) is 4. The maximum atomic E-state index is 10.7. The van der Waals surface area contributed by atoms with Gasteiger partial charge in [0.15, 0.2) is 5.96 Å². The third-order valence-corrected chi connectivity index (χ3v) is 5.22. The molecule has 0 saturated carbocycles. The van der Waals surface area contributed by atoms with Crippen molar-refractivity contribution in [2.24, 2.45) is 18.0 Å². The van der Waals surface area contributed by atoms with E-state index < -0.39 is 5.60 Å². The van der Waals surface area contributed by atoms with Crippen molar-refractivity contribution in [3.05, 3.63) is 18.0 Å². The molecule has 0 amide bonds. The minimum atomic E-state index is -1.04. The first-order valence-corrected chi connectivity index (χ1v) is 9.79. The molecule has 7 nitrogen and oxygen atoms in total. The van der Waals surface area contributed by atoms with Crippen molar-refractivity contribution in [3.8, 4) is 0 Å². The SMILES string of the molecule is CCNC(=NCC(C)(O)c1cnn(C)c1)NCC(C)N1CCC(C)CC1.I. The normalized spacial score (nSPS) is 19.9. The second-order valence-corrected chi connectivity index (χ2v) is 7.82. The highest BCUT2D eigenvalue weighted by Gasteiger charge is 2.25. The lowest BCUT2D eigenvalue weighted by Crippen LogP contribution is -2.48. The van der Waals surface area contributed by atoms with Crippen LogP contribution in [0.1, 0.15) is 46.1 Å². The lowest BCUT2D eigenvalue weighted by Gasteiger charge is -2.35. The van der Waals surface area contributed by atoms with Crippen LogP contribution in [0.25, 0.3) is 0 Å². The van der Waals surface area contributed by atoms with Gasteiger partial charge in [-0.2, -0.15) is 5.10 Å². The lowest BCUT2D eigenvalue weighted by molar-refractivity contribution is 0.0671. The van der Waals surface area contributed by atoms with Crippen LogP contribution >= 0.6 is 24.0 Å². The van der Waals surface area contributed by atoms with Gasteiger partial charge in [-0.25, -0.2) is 4.99 Å². The van der Waals surface area contributed by atoms with Crippen molar-refractivity contribution in [1.82, 2.24) is 25.3 Å². The Kier molecular flexibility index (Phi) is 10.0. The van der Waals surface area contributed by atoms with Crippen LogP contribution in [0, 0.1) is 5.92 Å². The fourth-order valence-electron chi connectivity index (χ4n) is 3.21. The molecule has 1 aromatic rings. The molecule has 2 rings (SSSR count). The Bertz CT molecular complexity index is 581. The summed E-state index contributed by atoms with van der Waals surface area (Å²) in [5.41, 5.74) is -0.263. The Hall–Kier alpha value is -0.870. The molecule has 2 heterocycles. The van der Waals surface area contributed by atoms with Gasteiger partial charge in [0, 0.05) is 37.9 Å². The average molecular weight is 492 g/mol. The standard InChI is InChI=1S/C19H36N6O.HI/c1-6-20-18(21-11-16(3)25-9-7-15(2)8-10-25)22-14-19(4,26)17-12-23-24(5)13-17;/h12-13,15-16,26H,6-11,14H2,1-5H3,(H2,20,21,22);1H. The molecule has 0 spiro atoms. The van der Waals surface area contributed by atoms with Gasteiger partial charge in [0.05, 0.1) is 12.7 Å². The molecule has 0 bridgehead atoms. The van der Waals surface area contributed by atoms with Gasteiger partial charge < -0.3 is 15.7 Å². The summed E-state index contributed by atoms with van der Waals surface area (Å²) in [7, 11) is 1.84. The molecule has 0 aromatic carbocycles. The van der Waals surface area contributed by atoms with Crippen LogP contribution in [0.3, 0.4) is 0 Å². The van der Waals surface area contributed by atoms with Crippen LogP contribution in [0.15, 0.2) is 17.4 Å². The predicted octanol–water partition coefficient (Wildman–Crippen LogP) is 1.92. The molecule has 1 fully saturated rings. The summed E-state index contributed by atoms with van der Waals surface area (Å²) in [6.45, 7) is 12.7.